The molecule has 1 amide bonds. The maximum atomic E-state index is 12.2. The fourth-order valence-electron chi connectivity index (χ4n) is 0.865. The fourth-order valence-corrected chi connectivity index (χ4v) is 1.53. The maximum Gasteiger partial charge on any atom is 0.269 e. The number of pyridine rings is 1. The molecule has 1 aromatic heterocycles. The third-order valence-corrected chi connectivity index (χ3v) is 2.37. The number of primary amides is 1. The Balaban J connectivity index is 3.42. The van der Waals surface area contributed by atoms with Gasteiger partial charge in [0.25, 0.3) is 17.9 Å². The van der Waals surface area contributed by atoms with Crippen molar-refractivity contribution in [2.24, 2.45) is 5.73 Å². The number of aromatic nitrogens is 1. The molecule has 0 aliphatic rings. The highest BCUT2D eigenvalue weighted by Crippen LogP contribution is 2.17. The summed E-state index contributed by atoms with van der Waals surface area (Å²) in [4.78, 5) is 23.8. The van der Waals surface area contributed by atoms with Crippen molar-refractivity contribution in [2.45, 2.75) is 6.43 Å². The van der Waals surface area contributed by atoms with Crippen molar-refractivity contribution in [3.8, 4) is 0 Å². The van der Waals surface area contributed by atoms with E-state index in [4.69, 9.17) is 5.73 Å². The molecule has 0 aromatic carbocycles. The number of rotatable bonds is 2. The van der Waals surface area contributed by atoms with Crippen LogP contribution in [-0.4, -0.2) is 10.9 Å². The van der Waals surface area contributed by atoms with Gasteiger partial charge < -0.3 is 10.7 Å². The normalized spacial score (nSPS) is 10.6. The van der Waals surface area contributed by atoms with Gasteiger partial charge in [0.05, 0.1) is 14.8 Å². The molecule has 0 radical (unpaired) electrons. The van der Waals surface area contributed by atoms with Crippen LogP contribution in [0.2, 0.25) is 0 Å². The van der Waals surface area contributed by atoms with Crippen LogP contribution in [0, 0.1) is 3.70 Å². The molecular formula is C7H5F2IN2O2. The first-order valence-corrected chi connectivity index (χ1v) is 4.52. The number of halogens is 3. The second kappa shape index (κ2) is 4.03. The van der Waals surface area contributed by atoms with Crippen LogP contribution in [0.25, 0.3) is 0 Å². The lowest BCUT2D eigenvalue weighted by atomic mass is 10.2. The van der Waals surface area contributed by atoms with Gasteiger partial charge in [0.15, 0.2) is 0 Å². The summed E-state index contributed by atoms with van der Waals surface area (Å²) >= 11 is 1.64. The molecule has 0 aliphatic carbocycles. The van der Waals surface area contributed by atoms with Crippen molar-refractivity contribution in [1.82, 2.24) is 4.98 Å². The quantitative estimate of drug-likeness (QED) is 0.631. The number of nitrogens with one attached hydrogen (secondary N) is 1. The first-order valence-electron chi connectivity index (χ1n) is 3.44. The van der Waals surface area contributed by atoms with Crippen LogP contribution in [0.5, 0.6) is 0 Å². The van der Waals surface area contributed by atoms with E-state index in [9.17, 15) is 18.4 Å². The standard InChI is InChI=1S/C7H5F2IN2O2/c8-4(9)2-1-3(6(11)13)5(10)12-7(2)14/h1,4H,(H2,11,13)(H,12,14). The number of hydrogen-bond donors (Lipinski definition) is 2. The largest absolute Gasteiger partial charge is 0.366 e. The first kappa shape index (κ1) is 11.1. The second-order valence-corrected chi connectivity index (χ2v) is 3.53. The molecule has 0 aliphatic heterocycles. The number of alkyl halides is 2. The highest BCUT2D eigenvalue weighted by molar-refractivity contribution is 14.1. The maximum absolute atomic E-state index is 12.2. The van der Waals surface area contributed by atoms with E-state index in [0.717, 1.165) is 6.07 Å². The first-order chi connectivity index (χ1) is 6.43. The molecule has 76 valence electrons. The molecule has 14 heavy (non-hydrogen) atoms. The van der Waals surface area contributed by atoms with Gasteiger partial charge in [0, 0.05) is 0 Å². The zero-order chi connectivity index (χ0) is 10.9. The summed E-state index contributed by atoms with van der Waals surface area (Å²) < 4.78 is 24.6. The summed E-state index contributed by atoms with van der Waals surface area (Å²) in [5, 5.41) is 0. The molecular weight excluding hydrogens is 309 g/mol. The highest BCUT2D eigenvalue weighted by atomic mass is 127. The van der Waals surface area contributed by atoms with Gasteiger partial charge in [-0.25, -0.2) is 8.78 Å². The zero-order valence-electron chi connectivity index (χ0n) is 6.68. The van der Waals surface area contributed by atoms with Crippen LogP contribution in [0.4, 0.5) is 8.78 Å². The molecule has 0 atom stereocenters. The van der Waals surface area contributed by atoms with Crippen molar-refractivity contribution >= 4 is 28.5 Å². The molecule has 0 saturated heterocycles. The molecule has 1 rings (SSSR count). The highest BCUT2D eigenvalue weighted by Gasteiger charge is 2.17. The topological polar surface area (TPSA) is 76.0 Å². The molecule has 0 unspecified atom stereocenters. The lowest BCUT2D eigenvalue weighted by Gasteiger charge is -2.03. The molecule has 0 bridgehead atoms. The number of nitrogens with two attached hydrogens (primary N) is 1. The third-order valence-electron chi connectivity index (χ3n) is 1.52. The minimum atomic E-state index is -2.92. The van der Waals surface area contributed by atoms with Gasteiger partial charge >= 0.3 is 0 Å². The molecule has 3 N–H and O–H groups in total. The molecule has 1 heterocycles. The fraction of sp³-hybridized carbons (Fsp3) is 0.143. The van der Waals surface area contributed by atoms with Crippen LogP contribution in [0.15, 0.2) is 10.9 Å². The van der Waals surface area contributed by atoms with Gasteiger partial charge in [-0.2, -0.15) is 0 Å². The predicted octanol–water partition coefficient (Wildman–Crippen LogP) is 1.02. The van der Waals surface area contributed by atoms with Gasteiger partial charge in [0.1, 0.15) is 0 Å². The van der Waals surface area contributed by atoms with E-state index >= 15 is 0 Å². The number of H-pyrrole nitrogens is 1. The average molecular weight is 314 g/mol. The Morgan fingerprint density at radius 1 is 1.57 bits per heavy atom. The summed E-state index contributed by atoms with van der Waals surface area (Å²) in [5.74, 6) is -0.854. The molecule has 0 saturated carbocycles. The summed E-state index contributed by atoms with van der Waals surface area (Å²) in [6.07, 6.45) is -2.92. The number of carbonyl (C=O) groups is 1. The minimum absolute atomic E-state index is 0.111. The SMILES string of the molecule is NC(=O)c1cc(C(F)F)c(=O)[nH]c1I. The van der Waals surface area contributed by atoms with Gasteiger partial charge in [-0.3, -0.25) is 9.59 Å². The van der Waals surface area contributed by atoms with E-state index in [1.54, 1.807) is 22.6 Å². The second-order valence-electron chi connectivity index (χ2n) is 2.45. The van der Waals surface area contributed by atoms with Crippen LogP contribution in [0.1, 0.15) is 22.3 Å². The summed E-state index contributed by atoms with van der Waals surface area (Å²) in [5.41, 5.74) is 3.15. The Morgan fingerprint density at radius 3 is 2.57 bits per heavy atom. The lowest BCUT2D eigenvalue weighted by Crippen LogP contribution is -2.21. The Hall–Kier alpha value is -0.990. The minimum Gasteiger partial charge on any atom is -0.366 e. The monoisotopic (exact) mass is 314 g/mol. The smallest absolute Gasteiger partial charge is 0.269 e. The van der Waals surface area contributed by atoms with E-state index in [1.807, 2.05) is 0 Å². The lowest BCUT2D eigenvalue weighted by molar-refractivity contribution is 0.0998. The molecule has 4 nitrogen and oxygen atoms in total. The van der Waals surface area contributed by atoms with E-state index in [1.165, 1.54) is 0 Å². The van der Waals surface area contributed by atoms with Crippen LogP contribution in [0.3, 0.4) is 0 Å². The molecule has 0 fully saturated rings. The van der Waals surface area contributed by atoms with Crippen molar-refractivity contribution in [1.29, 1.82) is 0 Å². The summed E-state index contributed by atoms with van der Waals surface area (Å²) in [6.45, 7) is 0. The van der Waals surface area contributed by atoms with E-state index in [2.05, 4.69) is 4.98 Å². The molecule has 0 spiro atoms. The predicted molar refractivity (Wildman–Crippen MR) is 53.3 cm³/mol. The van der Waals surface area contributed by atoms with E-state index in [0.29, 0.717) is 0 Å². The zero-order valence-corrected chi connectivity index (χ0v) is 8.84. The van der Waals surface area contributed by atoms with Crippen molar-refractivity contribution in [3.05, 3.63) is 31.2 Å². The summed E-state index contributed by atoms with van der Waals surface area (Å²) in [7, 11) is 0. The summed E-state index contributed by atoms with van der Waals surface area (Å²) in [6, 6.07) is 0.813. The third kappa shape index (κ3) is 2.08. The van der Waals surface area contributed by atoms with Crippen LogP contribution in [-0.2, 0) is 0 Å². The Kier molecular flexibility index (Phi) is 3.19. The van der Waals surface area contributed by atoms with Crippen molar-refractivity contribution < 1.29 is 13.6 Å². The Bertz CT molecular complexity index is 430. The number of amides is 1. The van der Waals surface area contributed by atoms with Crippen molar-refractivity contribution in [3.63, 3.8) is 0 Å². The van der Waals surface area contributed by atoms with E-state index < -0.39 is 23.5 Å². The number of aromatic amines is 1. The number of hydrogen-bond acceptors (Lipinski definition) is 2. The van der Waals surface area contributed by atoms with Gasteiger partial charge in [-0.05, 0) is 28.7 Å². The Labute approximate surface area is 90.6 Å². The van der Waals surface area contributed by atoms with Crippen LogP contribution < -0.4 is 11.3 Å². The van der Waals surface area contributed by atoms with E-state index in [-0.39, 0.29) is 9.26 Å². The van der Waals surface area contributed by atoms with Gasteiger partial charge in [-0.15, -0.1) is 0 Å². The molecule has 7 heteroatoms. The molecule has 1 aromatic rings. The average Bonchev–Trinajstić information content (AvgIpc) is 2.02. The van der Waals surface area contributed by atoms with Crippen LogP contribution >= 0.6 is 22.6 Å². The number of carbonyl (C=O) groups excluding carboxylic acids is 1. The van der Waals surface area contributed by atoms with Gasteiger partial charge in [-0.1, -0.05) is 0 Å². The Morgan fingerprint density at radius 2 is 2.14 bits per heavy atom. The van der Waals surface area contributed by atoms with Gasteiger partial charge in [0.2, 0.25) is 0 Å². The van der Waals surface area contributed by atoms with Crippen molar-refractivity contribution in [2.75, 3.05) is 0 Å².